The summed E-state index contributed by atoms with van der Waals surface area (Å²) in [4.78, 5) is 13.8. The fourth-order valence-corrected chi connectivity index (χ4v) is 5.38. The zero-order chi connectivity index (χ0) is 26.7. The highest BCUT2D eigenvalue weighted by molar-refractivity contribution is 6.13. The molecular weight excluding hydrogens is 484 g/mol. The van der Waals surface area contributed by atoms with E-state index >= 15 is 0 Å². The van der Waals surface area contributed by atoms with Gasteiger partial charge in [-0.05, 0) is 34.4 Å². The number of hydrogen-bond donors (Lipinski definition) is 1. The molecule has 0 radical (unpaired) electrons. The Kier molecular flexibility index (Phi) is 6.70. The van der Waals surface area contributed by atoms with Crippen LogP contribution in [0.1, 0.15) is 43.7 Å². The van der Waals surface area contributed by atoms with E-state index in [1.165, 1.54) is 0 Å². The molecule has 1 unspecified atom stereocenters. The molecule has 39 heavy (non-hydrogen) atoms. The van der Waals surface area contributed by atoms with Crippen LogP contribution in [0.3, 0.4) is 0 Å². The van der Waals surface area contributed by atoms with E-state index in [0.717, 1.165) is 22.3 Å². The van der Waals surface area contributed by atoms with Crippen molar-refractivity contribution in [3.8, 4) is 11.5 Å². The summed E-state index contributed by atoms with van der Waals surface area (Å²) in [7, 11) is 0. The molecule has 4 heteroatoms. The Morgan fingerprint density at radius 2 is 1.15 bits per heavy atom. The lowest BCUT2D eigenvalue weighted by Gasteiger charge is -2.41. The van der Waals surface area contributed by atoms with Gasteiger partial charge in [0.25, 0.3) is 0 Å². The minimum atomic E-state index is -1.13. The van der Waals surface area contributed by atoms with Crippen LogP contribution in [-0.2, 0) is 30.0 Å². The summed E-state index contributed by atoms with van der Waals surface area (Å²) in [5.41, 5.74) is 4.04. The van der Waals surface area contributed by atoms with E-state index in [0.29, 0.717) is 35.5 Å². The number of phenolic OH excluding ortho intramolecular Hbond substituents is 1. The van der Waals surface area contributed by atoms with Gasteiger partial charge < -0.3 is 14.6 Å². The van der Waals surface area contributed by atoms with E-state index in [2.05, 4.69) is 0 Å². The molecule has 0 bridgehead atoms. The van der Waals surface area contributed by atoms with Gasteiger partial charge in [-0.25, -0.2) is 0 Å². The van der Waals surface area contributed by atoms with Crippen LogP contribution >= 0.6 is 0 Å². The maximum absolute atomic E-state index is 13.8. The van der Waals surface area contributed by atoms with E-state index in [1.54, 1.807) is 12.1 Å². The normalized spacial score (nSPS) is 15.8. The largest absolute Gasteiger partial charge is 0.504 e. The molecule has 0 aromatic heterocycles. The van der Waals surface area contributed by atoms with Crippen molar-refractivity contribution in [1.29, 1.82) is 0 Å². The maximum Gasteiger partial charge on any atom is 0.193 e. The predicted molar refractivity (Wildman–Crippen MR) is 151 cm³/mol. The van der Waals surface area contributed by atoms with Crippen LogP contribution in [0.5, 0.6) is 11.5 Å². The fraction of sp³-hybridized carbons (Fsp3) is 0.114. The average Bonchev–Trinajstić information content (AvgIpc) is 2.99. The standard InChI is InChI=1S/C35H28O4/c36-33-28-18-10-11-19-30(28)35(22-25-12-4-1-5-13-25,39-24-27-16-8-3-9-17-27)32-29(33)20-21-31(34(32)37)38-23-26-14-6-2-7-15-26/h1-21,37H,22-24H2. The third-order valence-electron chi connectivity index (χ3n) is 7.26. The van der Waals surface area contributed by atoms with E-state index < -0.39 is 5.60 Å². The van der Waals surface area contributed by atoms with Gasteiger partial charge in [-0.3, -0.25) is 4.79 Å². The van der Waals surface area contributed by atoms with Crippen molar-refractivity contribution in [3.05, 3.63) is 166 Å². The van der Waals surface area contributed by atoms with Gasteiger partial charge in [0.1, 0.15) is 12.2 Å². The summed E-state index contributed by atoms with van der Waals surface area (Å²) < 4.78 is 13.0. The Hall–Kier alpha value is -4.67. The molecule has 1 aliphatic carbocycles. The predicted octanol–water partition coefficient (Wildman–Crippen LogP) is 7.22. The molecule has 0 saturated heterocycles. The number of hydrogen-bond acceptors (Lipinski definition) is 4. The summed E-state index contributed by atoms with van der Waals surface area (Å²) in [6, 6.07) is 40.7. The number of aromatic hydroxyl groups is 1. The van der Waals surface area contributed by atoms with Crippen LogP contribution < -0.4 is 4.74 Å². The second-order valence-corrected chi connectivity index (χ2v) is 9.75. The molecule has 0 saturated carbocycles. The first-order valence-corrected chi connectivity index (χ1v) is 13.0. The molecule has 6 rings (SSSR count). The van der Waals surface area contributed by atoms with Gasteiger partial charge in [0.05, 0.1) is 6.61 Å². The molecule has 0 aliphatic heterocycles. The van der Waals surface area contributed by atoms with E-state index in [9.17, 15) is 9.90 Å². The van der Waals surface area contributed by atoms with Crippen molar-refractivity contribution in [2.45, 2.75) is 25.2 Å². The average molecular weight is 513 g/mol. The molecule has 0 amide bonds. The van der Waals surface area contributed by atoms with Crippen molar-refractivity contribution < 1.29 is 19.4 Å². The fourth-order valence-electron chi connectivity index (χ4n) is 5.38. The van der Waals surface area contributed by atoms with Gasteiger partial charge in [-0.2, -0.15) is 0 Å². The Morgan fingerprint density at radius 1 is 0.590 bits per heavy atom. The Bertz CT molecular complexity index is 1600. The number of ether oxygens (including phenoxy) is 2. The lowest BCUT2D eigenvalue weighted by molar-refractivity contribution is -0.0340. The molecule has 5 aromatic rings. The van der Waals surface area contributed by atoms with Crippen LogP contribution in [0, 0.1) is 0 Å². The first-order chi connectivity index (χ1) is 19.2. The highest BCUT2D eigenvalue weighted by Crippen LogP contribution is 2.51. The van der Waals surface area contributed by atoms with Gasteiger partial charge in [-0.1, -0.05) is 115 Å². The Labute approximate surface area is 228 Å². The topological polar surface area (TPSA) is 55.8 Å². The molecule has 0 heterocycles. The van der Waals surface area contributed by atoms with Gasteiger partial charge in [0, 0.05) is 23.1 Å². The number of rotatable bonds is 8. The van der Waals surface area contributed by atoms with E-state index in [-0.39, 0.29) is 18.1 Å². The lowest BCUT2D eigenvalue weighted by Crippen LogP contribution is -2.40. The second-order valence-electron chi connectivity index (χ2n) is 9.75. The molecule has 1 N–H and O–H groups in total. The Morgan fingerprint density at radius 3 is 1.82 bits per heavy atom. The molecule has 1 aliphatic rings. The van der Waals surface area contributed by atoms with Crippen LogP contribution in [0.15, 0.2) is 127 Å². The van der Waals surface area contributed by atoms with Crippen molar-refractivity contribution in [2.24, 2.45) is 0 Å². The molecular formula is C35H28O4. The summed E-state index contributed by atoms with van der Waals surface area (Å²) in [5.74, 6) is 0.0957. The first-order valence-electron chi connectivity index (χ1n) is 13.0. The van der Waals surface area contributed by atoms with Gasteiger partial charge in [0.15, 0.2) is 17.3 Å². The molecule has 1 atom stereocenters. The minimum absolute atomic E-state index is 0.0738. The van der Waals surface area contributed by atoms with E-state index in [4.69, 9.17) is 9.47 Å². The number of fused-ring (bicyclic) bond motifs is 2. The third-order valence-corrected chi connectivity index (χ3v) is 7.26. The zero-order valence-electron chi connectivity index (χ0n) is 21.4. The third kappa shape index (κ3) is 4.71. The quantitative estimate of drug-likeness (QED) is 0.239. The monoisotopic (exact) mass is 512 g/mol. The molecule has 0 fully saturated rings. The van der Waals surface area contributed by atoms with Crippen LogP contribution in [0.25, 0.3) is 0 Å². The number of benzene rings is 5. The van der Waals surface area contributed by atoms with Gasteiger partial charge in [0.2, 0.25) is 0 Å². The summed E-state index contributed by atoms with van der Waals surface area (Å²) in [6.45, 7) is 0.582. The Balaban J connectivity index is 1.52. The number of ketones is 1. The summed E-state index contributed by atoms with van der Waals surface area (Å²) >= 11 is 0. The second kappa shape index (κ2) is 10.6. The van der Waals surface area contributed by atoms with Crippen molar-refractivity contribution in [2.75, 3.05) is 0 Å². The van der Waals surface area contributed by atoms with Crippen molar-refractivity contribution in [3.63, 3.8) is 0 Å². The summed E-state index contributed by atoms with van der Waals surface area (Å²) in [5, 5.41) is 11.8. The van der Waals surface area contributed by atoms with Gasteiger partial charge >= 0.3 is 0 Å². The van der Waals surface area contributed by atoms with Crippen molar-refractivity contribution in [1.82, 2.24) is 0 Å². The molecule has 5 aromatic carbocycles. The smallest absolute Gasteiger partial charge is 0.193 e. The number of carbonyl (C=O) groups excluding carboxylic acids is 1. The van der Waals surface area contributed by atoms with Crippen LogP contribution in [0.2, 0.25) is 0 Å². The van der Waals surface area contributed by atoms with Crippen LogP contribution in [0.4, 0.5) is 0 Å². The van der Waals surface area contributed by atoms with Crippen molar-refractivity contribution >= 4 is 5.78 Å². The molecule has 0 spiro atoms. The van der Waals surface area contributed by atoms with E-state index in [1.807, 2.05) is 115 Å². The van der Waals surface area contributed by atoms with Gasteiger partial charge in [-0.15, -0.1) is 0 Å². The minimum Gasteiger partial charge on any atom is -0.504 e. The lowest BCUT2D eigenvalue weighted by atomic mass is 9.70. The maximum atomic E-state index is 13.8. The number of carbonyl (C=O) groups is 1. The summed E-state index contributed by atoms with van der Waals surface area (Å²) in [6.07, 6.45) is 0.424. The number of phenols is 1. The van der Waals surface area contributed by atoms with Crippen LogP contribution in [-0.4, -0.2) is 10.9 Å². The zero-order valence-corrected chi connectivity index (χ0v) is 21.4. The molecule has 4 nitrogen and oxygen atoms in total. The SMILES string of the molecule is O=C1c2ccccc2C(Cc2ccccc2)(OCc2ccccc2)c2c1ccc(OCc1ccccc1)c2O. The first kappa shape index (κ1) is 24.7. The highest BCUT2D eigenvalue weighted by Gasteiger charge is 2.47. The molecule has 192 valence electrons. The highest BCUT2D eigenvalue weighted by atomic mass is 16.5.